The molecule has 1 aliphatic carbocycles. The van der Waals surface area contributed by atoms with Crippen molar-refractivity contribution in [1.82, 2.24) is 5.32 Å². The highest BCUT2D eigenvalue weighted by atomic mass is 16.3. The van der Waals surface area contributed by atoms with E-state index in [0.29, 0.717) is 6.54 Å². The van der Waals surface area contributed by atoms with Gasteiger partial charge in [0, 0.05) is 24.4 Å². The smallest absolute Gasteiger partial charge is 0.0768 e. The molecule has 0 aromatic heterocycles. The zero-order chi connectivity index (χ0) is 14.2. The van der Waals surface area contributed by atoms with Crippen LogP contribution in [0.5, 0.6) is 0 Å². The average Bonchev–Trinajstić information content (AvgIpc) is 2.88. The van der Waals surface area contributed by atoms with E-state index in [1.54, 1.807) is 0 Å². The standard InChI is InChI=1S/C17H26N2O/c1-16(20,14-6-4-10-19-11-14)17(12-18)9-8-13-5-2-3-7-15(13)17/h2-3,5,7,14,19-20H,4,6,8-12,18H2,1H3. The number of hydrogen-bond acceptors (Lipinski definition) is 3. The molecule has 2 aliphatic rings. The Labute approximate surface area is 121 Å². The van der Waals surface area contributed by atoms with Crippen molar-refractivity contribution in [3.63, 3.8) is 0 Å². The van der Waals surface area contributed by atoms with Crippen LogP contribution in [-0.4, -0.2) is 30.3 Å². The van der Waals surface area contributed by atoms with Crippen LogP contribution in [0.4, 0.5) is 0 Å². The van der Waals surface area contributed by atoms with Crippen molar-refractivity contribution in [1.29, 1.82) is 0 Å². The molecule has 0 amide bonds. The zero-order valence-corrected chi connectivity index (χ0v) is 12.4. The van der Waals surface area contributed by atoms with Gasteiger partial charge >= 0.3 is 0 Å². The summed E-state index contributed by atoms with van der Waals surface area (Å²) in [7, 11) is 0. The molecule has 1 heterocycles. The molecule has 1 aliphatic heterocycles. The highest BCUT2D eigenvalue weighted by Gasteiger charge is 2.54. The molecule has 3 nitrogen and oxygen atoms in total. The van der Waals surface area contributed by atoms with Gasteiger partial charge in [0.15, 0.2) is 0 Å². The fourth-order valence-corrected chi connectivity index (χ4v) is 4.35. The molecule has 0 saturated carbocycles. The summed E-state index contributed by atoms with van der Waals surface area (Å²) in [5.41, 5.74) is 7.80. The Morgan fingerprint density at radius 1 is 1.45 bits per heavy atom. The van der Waals surface area contributed by atoms with Gasteiger partial charge in [-0.2, -0.15) is 0 Å². The van der Waals surface area contributed by atoms with Crippen molar-refractivity contribution in [2.75, 3.05) is 19.6 Å². The van der Waals surface area contributed by atoms with Crippen LogP contribution >= 0.6 is 0 Å². The highest BCUT2D eigenvalue weighted by molar-refractivity contribution is 5.43. The maximum absolute atomic E-state index is 11.4. The minimum Gasteiger partial charge on any atom is -0.389 e. The third-order valence-corrected chi connectivity index (χ3v) is 5.76. The lowest BCUT2D eigenvalue weighted by molar-refractivity contribution is -0.0767. The predicted octanol–water partition coefficient (Wildman–Crippen LogP) is 1.58. The first-order valence-electron chi connectivity index (χ1n) is 7.83. The molecular formula is C17H26N2O. The van der Waals surface area contributed by atoms with Crippen molar-refractivity contribution in [3.8, 4) is 0 Å². The van der Waals surface area contributed by atoms with E-state index in [1.807, 2.05) is 6.92 Å². The summed E-state index contributed by atoms with van der Waals surface area (Å²) in [5.74, 6) is 0.283. The summed E-state index contributed by atoms with van der Waals surface area (Å²) in [6, 6.07) is 8.51. The second kappa shape index (κ2) is 5.14. The molecule has 1 aromatic carbocycles. The van der Waals surface area contributed by atoms with Gasteiger partial charge in [-0.15, -0.1) is 0 Å². The van der Waals surface area contributed by atoms with Gasteiger partial charge in [-0.3, -0.25) is 0 Å². The molecule has 3 rings (SSSR count). The van der Waals surface area contributed by atoms with Gasteiger partial charge in [0.2, 0.25) is 0 Å². The lowest BCUT2D eigenvalue weighted by Gasteiger charge is -2.49. The van der Waals surface area contributed by atoms with Gasteiger partial charge in [-0.05, 0) is 50.3 Å². The Morgan fingerprint density at radius 2 is 2.25 bits per heavy atom. The zero-order valence-electron chi connectivity index (χ0n) is 12.4. The van der Waals surface area contributed by atoms with Gasteiger partial charge < -0.3 is 16.2 Å². The number of rotatable bonds is 3. The SMILES string of the molecule is CC(O)(C1CCCNC1)C1(CN)CCc2ccccc21. The maximum Gasteiger partial charge on any atom is 0.0768 e. The van der Waals surface area contributed by atoms with Crippen LogP contribution in [0.2, 0.25) is 0 Å². The number of hydrogen-bond donors (Lipinski definition) is 3. The quantitative estimate of drug-likeness (QED) is 0.784. The predicted molar refractivity (Wildman–Crippen MR) is 81.7 cm³/mol. The van der Waals surface area contributed by atoms with E-state index in [9.17, 15) is 5.11 Å². The van der Waals surface area contributed by atoms with E-state index in [1.165, 1.54) is 11.1 Å². The molecule has 1 saturated heterocycles. The van der Waals surface area contributed by atoms with E-state index in [2.05, 4.69) is 29.6 Å². The molecule has 3 atom stereocenters. The first kappa shape index (κ1) is 14.1. The van der Waals surface area contributed by atoms with Gasteiger partial charge in [0.1, 0.15) is 0 Å². The molecule has 110 valence electrons. The van der Waals surface area contributed by atoms with Crippen LogP contribution in [0, 0.1) is 5.92 Å². The molecule has 0 bridgehead atoms. The minimum absolute atomic E-state index is 0.283. The summed E-state index contributed by atoms with van der Waals surface area (Å²) in [5, 5.41) is 14.8. The number of benzene rings is 1. The number of fused-ring (bicyclic) bond motifs is 1. The summed E-state index contributed by atoms with van der Waals surface area (Å²) < 4.78 is 0. The molecular weight excluding hydrogens is 248 g/mol. The largest absolute Gasteiger partial charge is 0.389 e. The van der Waals surface area contributed by atoms with E-state index in [4.69, 9.17) is 5.73 Å². The van der Waals surface area contributed by atoms with Gasteiger partial charge in [-0.25, -0.2) is 0 Å². The average molecular weight is 274 g/mol. The van der Waals surface area contributed by atoms with Crippen LogP contribution in [0.3, 0.4) is 0 Å². The van der Waals surface area contributed by atoms with Crippen LogP contribution < -0.4 is 11.1 Å². The van der Waals surface area contributed by atoms with Crippen LogP contribution in [0.25, 0.3) is 0 Å². The lowest BCUT2D eigenvalue weighted by atomic mass is 9.62. The van der Waals surface area contributed by atoms with Crippen molar-refractivity contribution in [3.05, 3.63) is 35.4 Å². The van der Waals surface area contributed by atoms with Crippen molar-refractivity contribution < 1.29 is 5.11 Å². The first-order chi connectivity index (χ1) is 9.62. The lowest BCUT2D eigenvalue weighted by Crippen LogP contribution is -2.60. The van der Waals surface area contributed by atoms with E-state index in [0.717, 1.165) is 38.8 Å². The third-order valence-electron chi connectivity index (χ3n) is 5.76. The topological polar surface area (TPSA) is 58.3 Å². The van der Waals surface area contributed by atoms with Crippen molar-refractivity contribution >= 4 is 0 Å². The van der Waals surface area contributed by atoms with E-state index < -0.39 is 5.60 Å². The molecule has 1 fully saturated rings. The fourth-order valence-electron chi connectivity index (χ4n) is 4.35. The number of piperidine rings is 1. The number of aliphatic hydroxyl groups is 1. The Morgan fingerprint density at radius 3 is 2.95 bits per heavy atom. The number of aryl methyl sites for hydroxylation is 1. The van der Waals surface area contributed by atoms with Crippen LogP contribution in [0.1, 0.15) is 37.3 Å². The Hall–Kier alpha value is -0.900. The second-order valence-corrected chi connectivity index (χ2v) is 6.63. The molecule has 20 heavy (non-hydrogen) atoms. The number of nitrogens with one attached hydrogen (secondary N) is 1. The molecule has 0 radical (unpaired) electrons. The van der Waals surface area contributed by atoms with E-state index >= 15 is 0 Å². The molecule has 1 aromatic rings. The first-order valence-corrected chi connectivity index (χ1v) is 7.83. The molecule has 4 N–H and O–H groups in total. The van der Waals surface area contributed by atoms with E-state index in [-0.39, 0.29) is 11.3 Å². The summed E-state index contributed by atoms with van der Waals surface area (Å²) >= 11 is 0. The molecule has 0 spiro atoms. The fraction of sp³-hybridized carbons (Fsp3) is 0.647. The normalized spacial score (nSPS) is 32.6. The second-order valence-electron chi connectivity index (χ2n) is 6.63. The Bertz CT molecular complexity index is 480. The minimum atomic E-state index is -0.748. The van der Waals surface area contributed by atoms with Gasteiger partial charge in [0.05, 0.1) is 5.60 Å². The van der Waals surface area contributed by atoms with Gasteiger partial charge in [0.25, 0.3) is 0 Å². The highest BCUT2D eigenvalue weighted by Crippen LogP contribution is 2.49. The molecule has 3 heteroatoms. The Kier molecular flexibility index (Phi) is 3.61. The molecule has 3 unspecified atom stereocenters. The van der Waals surface area contributed by atoms with Crippen molar-refractivity contribution in [2.24, 2.45) is 11.7 Å². The summed E-state index contributed by atoms with van der Waals surface area (Å²) in [6.07, 6.45) is 4.23. The van der Waals surface area contributed by atoms with Crippen molar-refractivity contribution in [2.45, 2.75) is 43.6 Å². The third kappa shape index (κ3) is 1.92. The summed E-state index contributed by atoms with van der Waals surface area (Å²) in [4.78, 5) is 0. The monoisotopic (exact) mass is 274 g/mol. The number of nitrogens with two attached hydrogens (primary N) is 1. The van der Waals surface area contributed by atoms with Gasteiger partial charge in [-0.1, -0.05) is 24.3 Å². The Balaban J connectivity index is 2.01. The van der Waals surface area contributed by atoms with Crippen LogP contribution in [-0.2, 0) is 11.8 Å². The van der Waals surface area contributed by atoms with Crippen LogP contribution in [0.15, 0.2) is 24.3 Å². The summed E-state index contributed by atoms with van der Waals surface area (Å²) in [6.45, 7) is 4.50. The maximum atomic E-state index is 11.4.